The number of nitrogens with two attached hydrogens (primary N) is 1. The summed E-state index contributed by atoms with van der Waals surface area (Å²) in [6.45, 7) is 1.76. The summed E-state index contributed by atoms with van der Waals surface area (Å²) in [5.41, 5.74) is 5.99. The summed E-state index contributed by atoms with van der Waals surface area (Å²) < 4.78 is 25.0. The smallest absolute Gasteiger partial charge is 0.316 e. The minimum atomic E-state index is -0.798. The van der Waals surface area contributed by atoms with Crippen molar-refractivity contribution in [2.45, 2.75) is 31.0 Å². The van der Waals surface area contributed by atoms with Crippen molar-refractivity contribution in [3.05, 3.63) is 23.9 Å². The number of amides is 1. The number of carbonyl (C=O) groups is 1. The van der Waals surface area contributed by atoms with E-state index in [1.165, 1.54) is 7.11 Å². The fourth-order valence-electron chi connectivity index (χ4n) is 4.19. The minimum Gasteiger partial charge on any atom is -0.495 e. The van der Waals surface area contributed by atoms with Crippen molar-refractivity contribution in [1.82, 2.24) is 14.9 Å². The van der Waals surface area contributed by atoms with Gasteiger partial charge in [-0.2, -0.15) is 4.98 Å². The maximum atomic E-state index is 13.8. The monoisotopic (exact) mass is 360 g/mol. The predicted molar refractivity (Wildman–Crippen MR) is 93.2 cm³/mol. The Labute approximate surface area is 150 Å². The standard InChI is InChI=1S/C18H21FN4O3/c1-25-15-12(16(20)24)3-4-14-13(15)8-21-17(22-14)26-10-18-5-2-6-23(18)9-11(19)7-18/h3-4,8,11H,2,5-7,9-10H2,1H3,(H2,20,24)/t11-,18+/m1/s1. The van der Waals surface area contributed by atoms with Gasteiger partial charge < -0.3 is 15.2 Å². The molecule has 2 fully saturated rings. The first-order valence-corrected chi connectivity index (χ1v) is 8.68. The molecular weight excluding hydrogens is 339 g/mol. The molecule has 0 radical (unpaired) electrons. The number of halogens is 1. The SMILES string of the molecule is COc1c(C(N)=O)ccc2nc(OC[C@@]34CCCN3C[C@H](F)C4)ncc12. The lowest BCUT2D eigenvalue weighted by atomic mass is 9.95. The minimum absolute atomic E-state index is 0.231. The van der Waals surface area contributed by atoms with E-state index in [0.29, 0.717) is 36.2 Å². The van der Waals surface area contributed by atoms with Gasteiger partial charge in [-0.3, -0.25) is 9.69 Å². The Morgan fingerprint density at radius 1 is 1.50 bits per heavy atom. The first kappa shape index (κ1) is 17.0. The normalized spacial score (nSPS) is 25.4. The number of hydrogen-bond donors (Lipinski definition) is 1. The van der Waals surface area contributed by atoms with Gasteiger partial charge in [-0.25, -0.2) is 9.37 Å². The largest absolute Gasteiger partial charge is 0.495 e. The Balaban J connectivity index is 1.58. The molecule has 4 rings (SSSR count). The highest BCUT2D eigenvalue weighted by molar-refractivity contribution is 6.02. The molecule has 8 heteroatoms. The summed E-state index contributed by atoms with van der Waals surface area (Å²) in [5.74, 6) is -0.232. The van der Waals surface area contributed by atoms with Gasteiger partial charge in [-0.1, -0.05) is 0 Å². The molecule has 0 unspecified atom stereocenters. The van der Waals surface area contributed by atoms with E-state index in [9.17, 15) is 9.18 Å². The Bertz CT molecular complexity index is 862. The number of nitrogens with zero attached hydrogens (tertiary/aromatic N) is 3. The molecule has 2 aliphatic heterocycles. The highest BCUT2D eigenvalue weighted by Crippen LogP contribution is 2.40. The molecule has 7 nitrogen and oxygen atoms in total. The molecular formula is C18H21FN4O3. The average molecular weight is 360 g/mol. The Kier molecular flexibility index (Phi) is 4.14. The van der Waals surface area contributed by atoms with Crippen LogP contribution in [-0.2, 0) is 0 Å². The van der Waals surface area contributed by atoms with Crippen LogP contribution in [-0.4, -0.2) is 59.3 Å². The van der Waals surface area contributed by atoms with Crippen LogP contribution in [0.5, 0.6) is 11.8 Å². The maximum absolute atomic E-state index is 13.8. The zero-order valence-corrected chi connectivity index (χ0v) is 14.6. The first-order chi connectivity index (χ1) is 12.5. The number of benzene rings is 1. The summed E-state index contributed by atoms with van der Waals surface area (Å²) >= 11 is 0. The molecule has 0 saturated carbocycles. The van der Waals surface area contributed by atoms with Gasteiger partial charge in [0.25, 0.3) is 5.91 Å². The van der Waals surface area contributed by atoms with Crippen LogP contribution >= 0.6 is 0 Å². The predicted octanol–water partition coefficient (Wildman–Crippen LogP) is 1.69. The van der Waals surface area contributed by atoms with E-state index in [1.54, 1.807) is 18.3 Å². The molecule has 0 bridgehead atoms. The van der Waals surface area contributed by atoms with Gasteiger partial charge in [0, 0.05) is 19.2 Å². The van der Waals surface area contributed by atoms with Gasteiger partial charge in [-0.15, -0.1) is 0 Å². The highest BCUT2D eigenvalue weighted by Gasteiger charge is 2.49. The van der Waals surface area contributed by atoms with E-state index in [-0.39, 0.29) is 17.1 Å². The fraction of sp³-hybridized carbons (Fsp3) is 0.500. The molecule has 2 aliphatic rings. The molecule has 26 heavy (non-hydrogen) atoms. The van der Waals surface area contributed by atoms with Crippen LogP contribution in [0.1, 0.15) is 29.6 Å². The van der Waals surface area contributed by atoms with Crippen molar-refractivity contribution >= 4 is 16.8 Å². The summed E-state index contributed by atoms with van der Waals surface area (Å²) in [6.07, 6.45) is 3.24. The van der Waals surface area contributed by atoms with E-state index in [1.807, 2.05) is 0 Å². The number of aromatic nitrogens is 2. The second kappa shape index (κ2) is 6.35. The number of methoxy groups -OCH3 is 1. The first-order valence-electron chi connectivity index (χ1n) is 8.68. The zero-order valence-electron chi connectivity index (χ0n) is 14.6. The number of carbonyl (C=O) groups excluding carboxylic acids is 1. The fourth-order valence-corrected chi connectivity index (χ4v) is 4.19. The van der Waals surface area contributed by atoms with Crippen LogP contribution in [0.3, 0.4) is 0 Å². The molecule has 2 aromatic rings. The quantitative estimate of drug-likeness (QED) is 0.873. The summed E-state index contributed by atoms with van der Waals surface area (Å²) in [6, 6.07) is 3.48. The topological polar surface area (TPSA) is 90.6 Å². The maximum Gasteiger partial charge on any atom is 0.316 e. The van der Waals surface area contributed by atoms with E-state index >= 15 is 0 Å². The summed E-state index contributed by atoms with van der Waals surface area (Å²) in [4.78, 5) is 22.3. The van der Waals surface area contributed by atoms with Crippen LogP contribution in [0.15, 0.2) is 18.3 Å². The molecule has 1 aromatic carbocycles. The number of primary amides is 1. The van der Waals surface area contributed by atoms with Crippen LogP contribution in [0, 0.1) is 0 Å². The van der Waals surface area contributed by atoms with Gasteiger partial charge in [0.15, 0.2) is 0 Å². The number of ether oxygens (including phenoxy) is 2. The van der Waals surface area contributed by atoms with Crippen LogP contribution in [0.2, 0.25) is 0 Å². The lowest BCUT2D eigenvalue weighted by Crippen LogP contribution is -2.43. The van der Waals surface area contributed by atoms with Crippen molar-refractivity contribution in [3.8, 4) is 11.8 Å². The van der Waals surface area contributed by atoms with Crippen molar-refractivity contribution < 1.29 is 18.7 Å². The molecule has 2 saturated heterocycles. The number of hydrogen-bond acceptors (Lipinski definition) is 6. The second-order valence-corrected chi connectivity index (χ2v) is 6.96. The molecule has 1 aromatic heterocycles. The molecule has 2 atom stereocenters. The van der Waals surface area contributed by atoms with E-state index in [2.05, 4.69) is 14.9 Å². The van der Waals surface area contributed by atoms with Gasteiger partial charge >= 0.3 is 6.01 Å². The second-order valence-electron chi connectivity index (χ2n) is 6.96. The lowest BCUT2D eigenvalue weighted by Gasteiger charge is -2.30. The Hall–Kier alpha value is -2.48. The number of alkyl halides is 1. The van der Waals surface area contributed by atoms with E-state index < -0.39 is 12.1 Å². The lowest BCUT2D eigenvalue weighted by molar-refractivity contribution is 0.0997. The molecule has 1 amide bonds. The third-order valence-corrected chi connectivity index (χ3v) is 5.39. The third kappa shape index (κ3) is 2.74. The number of rotatable bonds is 5. The van der Waals surface area contributed by atoms with Gasteiger partial charge in [0.2, 0.25) is 0 Å². The Morgan fingerprint density at radius 2 is 2.35 bits per heavy atom. The van der Waals surface area contributed by atoms with E-state index in [0.717, 1.165) is 19.4 Å². The van der Waals surface area contributed by atoms with Crippen molar-refractivity contribution in [2.75, 3.05) is 26.8 Å². The molecule has 0 aliphatic carbocycles. The summed E-state index contributed by atoms with van der Waals surface area (Å²) in [7, 11) is 1.47. The van der Waals surface area contributed by atoms with Crippen molar-refractivity contribution in [2.24, 2.45) is 5.73 Å². The van der Waals surface area contributed by atoms with Crippen LogP contribution < -0.4 is 15.2 Å². The average Bonchev–Trinajstić information content (AvgIpc) is 3.14. The molecule has 138 valence electrons. The third-order valence-electron chi connectivity index (χ3n) is 5.39. The molecule has 0 spiro atoms. The van der Waals surface area contributed by atoms with Crippen LogP contribution in [0.25, 0.3) is 10.9 Å². The van der Waals surface area contributed by atoms with Crippen molar-refractivity contribution in [3.63, 3.8) is 0 Å². The molecule has 3 heterocycles. The van der Waals surface area contributed by atoms with Gasteiger partial charge in [0.1, 0.15) is 18.5 Å². The van der Waals surface area contributed by atoms with Crippen LogP contribution in [0.4, 0.5) is 4.39 Å². The molecule has 2 N–H and O–H groups in total. The Morgan fingerprint density at radius 3 is 3.12 bits per heavy atom. The van der Waals surface area contributed by atoms with E-state index in [4.69, 9.17) is 15.2 Å². The highest BCUT2D eigenvalue weighted by atomic mass is 19.1. The van der Waals surface area contributed by atoms with Gasteiger partial charge in [-0.05, 0) is 31.5 Å². The van der Waals surface area contributed by atoms with Gasteiger partial charge in [0.05, 0.1) is 29.1 Å². The zero-order chi connectivity index (χ0) is 18.3. The summed E-state index contributed by atoms with van der Waals surface area (Å²) in [5, 5.41) is 0.585. The number of fused-ring (bicyclic) bond motifs is 2. The van der Waals surface area contributed by atoms with Crippen molar-refractivity contribution in [1.29, 1.82) is 0 Å².